The van der Waals surface area contributed by atoms with E-state index in [2.05, 4.69) is 5.32 Å². The Balaban J connectivity index is 1.87. The number of anilines is 1. The molecule has 1 aliphatic heterocycles. The molecule has 0 unspecified atom stereocenters. The monoisotopic (exact) mass is 329 g/mol. The standard InChI is InChI=1S/C19H20FNO3/c1-23-17-8-6-16(7-9-17)21-18(22)19(10-12-24-13-11-19)14-2-4-15(20)5-3-14/h2-9H,10-13H2,1H3,(H,21,22). The van der Waals surface area contributed by atoms with Crippen LogP contribution >= 0.6 is 0 Å². The zero-order valence-electron chi connectivity index (χ0n) is 13.5. The van der Waals surface area contributed by atoms with Gasteiger partial charge in [0.1, 0.15) is 11.6 Å². The molecule has 0 aliphatic carbocycles. The lowest BCUT2D eigenvalue weighted by Crippen LogP contribution is -2.44. The maximum atomic E-state index is 13.3. The van der Waals surface area contributed by atoms with Gasteiger partial charge in [0.05, 0.1) is 12.5 Å². The van der Waals surface area contributed by atoms with Crippen molar-refractivity contribution < 1.29 is 18.7 Å². The van der Waals surface area contributed by atoms with E-state index in [0.717, 1.165) is 11.3 Å². The Hall–Kier alpha value is -2.40. The van der Waals surface area contributed by atoms with Crippen LogP contribution < -0.4 is 10.1 Å². The van der Waals surface area contributed by atoms with E-state index in [1.807, 2.05) is 0 Å². The van der Waals surface area contributed by atoms with Crippen molar-refractivity contribution in [3.8, 4) is 5.75 Å². The van der Waals surface area contributed by atoms with Gasteiger partial charge < -0.3 is 14.8 Å². The van der Waals surface area contributed by atoms with Gasteiger partial charge >= 0.3 is 0 Å². The van der Waals surface area contributed by atoms with Crippen LogP contribution in [0.2, 0.25) is 0 Å². The van der Waals surface area contributed by atoms with Gasteiger partial charge in [-0.15, -0.1) is 0 Å². The summed E-state index contributed by atoms with van der Waals surface area (Å²) in [6.45, 7) is 1.01. The number of benzene rings is 2. The zero-order chi connectivity index (χ0) is 17.0. The van der Waals surface area contributed by atoms with Crippen molar-refractivity contribution in [2.75, 3.05) is 25.6 Å². The Labute approximate surface area is 140 Å². The average Bonchev–Trinajstić information content (AvgIpc) is 2.63. The van der Waals surface area contributed by atoms with Gasteiger partial charge in [0.25, 0.3) is 0 Å². The number of nitrogens with one attached hydrogen (secondary N) is 1. The number of amides is 1. The van der Waals surface area contributed by atoms with Crippen molar-refractivity contribution in [2.45, 2.75) is 18.3 Å². The quantitative estimate of drug-likeness (QED) is 0.933. The first kappa shape index (κ1) is 16.5. The van der Waals surface area contributed by atoms with E-state index in [1.165, 1.54) is 12.1 Å². The Kier molecular flexibility index (Phi) is 4.81. The van der Waals surface area contributed by atoms with E-state index in [0.29, 0.717) is 31.7 Å². The van der Waals surface area contributed by atoms with Gasteiger partial charge in [0.2, 0.25) is 5.91 Å². The van der Waals surface area contributed by atoms with Gasteiger partial charge in [-0.2, -0.15) is 0 Å². The smallest absolute Gasteiger partial charge is 0.235 e. The molecule has 126 valence electrons. The molecule has 1 heterocycles. The second-order valence-electron chi connectivity index (χ2n) is 5.88. The first-order valence-electron chi connectivity index (χ1n) is 7.93. The highest BCUT2D eigenvalue weighted by Gasteiger charge is 2.41. The summed E-state index contributed by atoms with van der Waals surface area (Å²) in [5.41, 5.74) is 0.818. The number of carbonyl (C=O) groups excluding carboxylic acids is 1. The second kappa shape index (κ2) is 7.01. The van der Waals surface area contributed by atoms with Crippen molar-refractivity contribution >= 4 is 11.6 Å². The number of hydrogen-bond donors (Lipinski definition) is 1. The molecule has 0 radical (unpaired) electrons. The number of ether oxygens (including phenoxy) is 2. The summed E-state index contributed by atoms with van der Waals surface area (Å²) in [5.74, 6) is 0.325. The third kappa shape index (κ3) is 3.26. The first-order chi connectivity index (χ1) is 11.6. The van der Waals surface area contributed by atoms with Gasteiger partial charge in [-0.25, -0.2) is 4.39 Å². The first-order valence-corrected chi connectivity index (χ1v) is 7.93. The molecule has 5 heteroatoms. The van der Waals surface area contributed by atoms with Gasteiger partial charge in [0, 0.05) is 18.9 Å². The summed E-state index contributed by atoms with van der Waals surface area (Å²) in [7, 11) is 1.60. The highest BCUT2D eigenvalue weighted by molar-refractivity contribution is 5.99. The lowest BCUT2D eigenvalue weighted by atomic mass is 9.73. The molecule has 2 aromatic rings. The average molecular weight is 329 g/mol. The number of carbonyl (C=O) groups is 1. The molecule has 1 aliphatic rings. The normalized spacial score (nSPS) is 16.4. The highest BCUT2D eigenvalue weighted by atomic mass is 19.1. The summed E-state index contributed by atoms with van der Waals surface area (Å²) in [6.07, 6.45) is 1.14. The molecule has 0 atom stereocenters. The topological polar surface area (TPSA) is 47.6 Å². The van der Waals surface area contributed by atoms with E-state index < -0.39 is 5.41 Å². The number of hydrogen-bond acceptors (Lipinski definition) is 3. The summed E-state index contributed by atoms with van der Waals surface area (Å²) in [6, 6.07) is 13.4. The zero-order valence-corrected chi connectivity index (χ0v) is 13.5. The molecular weight excluding hydrogens is 309 g/mol. The molecule has 24 heavy (non-hydrogen) atoms. The predicted molar refractivity (Wildman–Crippen MR) is 89.8 cm³/mol. The lowest BCUT2D eigenvalue weighted by molar-refractivity contribution is -0.125. The van der Waals surface area contributed by atoms with Gasteiger partial charge in [-0.3, -0.25) is 4.79 Å². The van der Waals surface area contributed by atoms with Crippen molar-refractivity contribution in [2.24, 2.45) is 0 Å². The molecule has 0 aromatic heterocycles. The third-order valence-corrected chi connectivity index (χ3v) is 4.53. The molecule has 1 N–H and O–H groups in total. The molecule has 0 spiro atoms. The SMILES string of the molecule is COc1ccc(NC(=O)C2(c3ccc(F)cc3)CCOCC2)cc1. The van der Waals surface area contributed by atoms with Crippen LogP contribution in [0.3, 0.4) is 0 Å². The predicted octanol–water partition coefficient (Wildman–Crippen LogP) is 3.52. The van der Waals surface area contributed by atoms with Crippen LogP contribution in [0.4, 0.5) is 10.1 Å². The van der Waals surface area contributed by atoms with E-state index in [-0.39, 0.29) is 11.7 Å². The second-order valence-corrected chi connectivity index (χ2v) is 5.88. The van der Waals surface area contributed by atoms with Gasteiger partial charge in [0.15, 0.2) is 0 Å². The molecule has 1 amide bonds. The van der Waals surface area contributed by atoms with Gasteiger partial charge in [-0.1, -0.05) is 12.1 Å². The number of methoxy groups -OCH3 is 1. The lowest BCUT2D eigenvalue weighted by Gasteiger charge is -2.36. The molecule has 3 rings (SSSR count). The summed E-state index contributed by atoms with van der Waals surface area (Å²) >= 11 is 0. The highest BCUT2D eigenvalue weighted by Crippen LogP contribution is 2.36. The van der Waals surface area contributed by atoms with E-state index >= 15 is 0 Å². The Morgan fingerprint density at radius 2 is 1.71 bits per heavy atom. The van der Waals surface area contributed by atoms with Crippen molar-refractivity contribution in [1.29, 1.82) is 0 Å². The minimum absolute atomic E-state index is 0.0948. The molecule has 1 fully saturated rings. The van der Waals surface area contributed by atoms with Crippen molar-refractivity contribution in [3.05, 3.63) is 59.9 Å². The van der Waals surface area contributed by atoms with Crippen LogP contribution in [0.25, 0.3) is 0 Å². The maximum Gasteiger partial charge on any atom is 0.235 e. The number of rotatable bonds is 4. The van der Waals surface area contributed by atoms with Crippen LogP contribution in [-0.4, -0.2) is 26.2 Å². The van der Waals surface area contributed by atoms with E-state index in [4.69, 9.17) is 9.47 Å². The molecule has 0 bridgehead atoms. The molecule has 0 saturated carbocycles. The Bertz CT molecular complexity index is 692. The van der Waals surface area contributed by atoms with E-state index in [1.54, 1.807) is 43.5 Å². The van der Waals surface area contributed by atoms with Crippen LogP contribution in [0.5, 0.6) is 5.75 Å². The largest absolute Gasteiger partial charge is 0.497 e. The fourth-order valence-electron chi connectivity index (χ4n) is 3.06. The summed E-state index contributed by atoms with van der Waals surface area (Å²) in [5, 5.41) is 2.97. The molecule has 4 nitrogen and oxygen atoms in total. The van der Waals surface area contributed by atoms with Crippen molar-refractivity contribution in [3.63, 3.8) is 0 Å². The Morgan fingerprint density at radius 1 is 1.08 bits per heavy atom. The summed E-state index contributed by atoms with van der Waals surface area (Å²) in [4.78, 5) is 13.0. The van der Waals surface area contributed by atoms with Crippen LogP contribution in [0.1, 0.15) is 18.4 Å². The van der Waals surface area contributed by atoms with Crippen molar-refractivity contribution in [1.82, 2.24) is 0 Å². The number of halogens is 1. The molecule has 1 saturated heterocycles. The van der Waals surface area contributed by atoms with E-state index in [9.17, 15) is 9.18 Å². The molecule has 2 aromatic carbocycles. The minimum atomic E-state index is -0.703. The fraction of sp³-hybridized carbons (Fsp3) is 0.316. The van der Waals surface area contributed by atoms with Crippen LogP contribution in [0.15, 0.2) is 48.5 Å². The third-order valence-electron chi connectivity index (χ3n) is 4.53. The van der Waals surface area contributed by atoms with Crippen LogP contribution in [0, 0.1) is 5.82 Å². The summed E-state index contributed by atoms with van der Waals surface area (Å²) < 4.78 is 23.8. The van der Waals surface area contributed by atoms with Gasteiger partial charge in [-0.05, 0) is 54.8 Å². The fourth-order valence-corrected chi connectivity index (χ4v) is 3.06. The maximum absolute atomic E-state index is 13.3. The minimum Gasteiger partial charge on any atom is -0.497 e. The molecular formula is C19H20FNO3. The Morgan fingerprint density at radius 3 is 2.29 bits per heavy atom. The van der Waals surface area contributed by atoms with Crippen LogP contribution in [-0.2, 0) is 14.9 Å².